The summed E-state index contributed by atoms with van der Waals surface area (Å²) in [6.45, 7) is 0.691. The number of carbonyl (C=O) groups excluding carboxylic acids is 1. The highest BCUT2D eigenvalue weighted by atomic mass is 35.5. The number of aliphatic hydroxyl groups excluding tert-OH is 1. The average molecular weight is 586 g/mol. The lowest BCUT2D eigenvalue weighted by Crippen LogP contribution is -2.36. The SMILES string of the molecule is CN(C)CCOc1ccc2[nH]c(C(=O)N3CC(S(=O)(=O)NCCO)c4c3cc(N)c3c(CCl)cccc43)cc2c1. The predicted molar refractivity (Wildman–Crippen MR) is 159 cm³/mol. The van der Waals surface area contributed by atoms with Crippen LogP contribution in [0.25, 0.3) is 21.7 Å². The molecule has 3 aromatic carbocycles. The van der Waals surface area contributed by atoms with Gasteiger partial charge in [0.1, 0.15) is 23.3 Å². The number of hydrogen-bond acceptors (Lipinski definition) is 7. The van der Waals surface area contributed by atoms with Crippen molar-refractivity contribution < 1.29 is 23.1 Å². The zero-order chi connectivity index (χ0) is 28.6. The van der Waals surface area contributed by atoms with E-state index in [0.717, 1.165) is 23.0 Å². The first-order chi connectivity index (χ1) is 19.1. The van der Waals surface area contributed by atoms with Crippen LogP contribution < -0.4 is 20.1 Å². The molecule has 212 valence electrons. The van der Waals surface area contributed by atoms with Gasteiger partial charge in [0.05, 0.1) is 12.3 Å². The lowest BCUT2D eigenvalue weighted by molar-refractivity contribution is 0.0985. The van der Waals surface area contributed by atoms with Crippen molar-refractivity contribution in [1.82, 2.24) is 14.6 Å². The molecule has 0 saturated heterocycles. The van der Waals surface area contributed by atoms with E-state index in [1.54, 1.807) is 24.3 Å². The first-order valence-corrected chi connectivity index (χ1v) is 14.9. The number of sulfonamides is 1. The zero-order valence-corrected chi connectivity index (χ0v) is 23.8. The molecule has 5 N–H and O–H groups in total. The number of halogens is 1. The molecule has 40 heavy (non-hydrogen) atoms. The summed E-state index contributed by atoms with van der Waals surface area (Å²) in [6, 6.07) is 14.4. The maximum Gasteiger partial charge on any atom is 0.274 e. The number of fused-ring (bicyclic) bond motifs is 4. The fraction of sp³-hybridized carbons (Fsp3) is 0.321. The molecule has 1 aliphatic heterocycles. The van der Waals surface area contributed by atoms with Gasteiger partial charge < -0.3 is 30.4 Å². The van der Waals surface area contributed by atoms with E-state index in [2.05, 4.69) is 9.71 Å². The van der Waals surface area contributed by atoms with Gasteiger partial charge in [-0.15, -0.1) is 11.6 Å². The Balaban J connectivity index is 1.56. The quantitative estimate of drug-likeness (QED) is 0.165. The van der Waals surface area contributed by atoms with Gasteiger partial charge in [-0.25, -0.2) is 13.1 Å². The number of anilines is 2. The lowest BCUT2D eigenvalue weighted by Gasteiger charge is -2.18. The highest BCUT2D eigenvalue weighted by molar-refractivity contribution is 7.89. The number of benzene rings is 3. The molecule has 2 heterocycles. The summed E-state index contributed by atoms with van der Waals surface area (Å²) in [6.07, 6.45) is 0. The Bertz CT molecular complexity index is 1690. The van der Waals surface area contributed by atoms with Crippen LogP contribution in [0.3, 0.4) is 0 Å². The van der Waals surface area contributed by atoms with Crippen molar-refractivity contribution >= 4 is 60.6 Å². The van der Waals surface area contributed by atoms with Crippen LogP contribution in [0, 0.1) is 0 Å². The third kappa shape index (κ3) is 5.23. The minimum Gasteiger partial charge on any atom is -0.492 e. The number of ether oxygens (including phenoxy) is 1. The Kier molecular flexibility index (Phi) is 7.94. The van der Waals surface area contributed by atoms with Crippen molar-refractivity contribution in [2.45, 2.75) is 11.1 Å². The van der Waals surface area contributed by atoms with E-state index in [4.69, 9.17) is 22.1 Å². The van der Waals surface area contributed by atoms with Crippen molar-refractivity contribution in [3.63, 3.8) is 0 Å². The summed E-state index contributed by atoms with van der Waals surface area (Å²) in [4.78, 5) is 20.5. The molecule has 0 radical (unpaired) electrons. The summed E-state index contributed by atoms with van der Waals surface area (Å²) < 4.78 is 35.1. The van der Waals surface area contributed by atoms with Crippen LogP contribution in [-0.2, 0) is 15.9 Å². The highest BCUT2D eigenvalue weighted by Crippen LogP contribution is 2.47. The van der Waals surface area contributed by atoms with Gasteiger partial charge in [-0.05, 0) is 55.4 Å². The van der Waals surface area contributed by atoms with Gasteiger partial charge in [-0.2, -0.15) is 0 Å². The van der Waals surface area contributed by atoms with Gasteiger partial charge in [-0.3, -0.25) is 4.79 Å². The fourth-order valence-corrected chi connectivity index (χ4v) is 6.87. The number of aromatic amines is 1. The molecule has 1 amide bonds. The molecule has 0 fully saturated rings. The number of amides is 1. The summed E-state index contributed by atoms with van der Waals surface area (Å²) in [7, 11) is -0.0191. The highest BCUT2D eigenvalue weighted by Gasteiger charge is 2.42. The second kappa shape index (κ2) is 11.3. The van der Waals surface area contributed by atoms with Gasteiger partial charge in [0, 0.05) is 53.1 Å². The van der Waals surface area contributed by atoms with Crippen LogP contribution in [-0.4, -0.2) is 76.3 Å². The molecule has 10 nitrogen and oxygen atoms in total. The van der Waals surface area contributed by atoms with Gasteiger partial charge in [0.25, 0.3) is 5.91 Å². The molecule has 0 aliphatic carbocycles. The van der Waals surface area contributed by atoms with Gasteiger partial charge in [-0.1, -0.05) is 18.2 Å². The fourth-order valence-electron chi connectivity index (χ4n) is 5.17. The minimum atomic E-state index is -3.96. The van der Waals surface area contributed by atoms with Gasteiger partial charge >= 0.3 is 0 Å². The number of nitrogens with two attached hydrogens (primary N) is 1. The van der Waals surface area contributed by atoms with E-state index < -0.39 is 15.3 Å². The molecule has 1 unspecified atom stereocenters. The topological polar surface area (TPSA) is 141 Å². The summed E-state index contributed by atoms with van der Waals surface area (Å²) in [5.74, 6) is 0.493. The number of nitrogens with zero attached hydrogens (tertiary/aromatic N) is 2. The largest absolute Gasteiger partial charge is 0.492 e. The summed E-state index contributed by atoms with van der Waals surface area (Å²) in [5, 5.41) is 10.3. The van der Waals surface area contributed by atoms with Crippen molar-refractivity contribution in [2.75, 3.05) is 57.6 Å². The number of carbonyl (C=O) groups is 1. The van der Waals surface area contributed by atoms with E-state index in [-0.39, 0.29) is 31.5 Å². The van der Waals surface area contributed by atoms with Gasteiger partial charge in [0.15, 0.2) is 0 Å². The van der Waals surface area contributed by atoms with E-state index in [1.165, 1.54) is 4.90 Å². The Morgan fingerprint density at radius 2 is 2.05 bits per heavy atom. The summed E-state index contributed by atoms with van der Waals surface area (Å²) >= 11 is 6.18. The number of nitrogen functional groups attached to an aromatic ring is 1. The molecule has 5 rings (SSSR count). The average Bonchev–Trinajstić information content (AvgIpc) is 3.53. The number of H-pyrrole nitrogens is 1. The standard InChI is InChI=1S/C28H32ClN5O5S/c1-33(2)9-11-39-19-6-7-22-18(12-19)13-23(32-22)28(36)34-16-25(40(37,38)31-8-10-35)27-20-5-3-4-17(15-29)26(20)21(30)14-24(27)34/h3-7,12-14,25,31-32,35H,8-11,15-16,30H2,1-2H3. The lowest BCUT2D eigenvalue weighted by atomic mass is 9.97. The number of aliphatic hydroxyl groups is 1. The van der Waals surface area contributed by atoms with Crippen LogP contribution in [0.2, 0.25) is 0 Å². The number of aromatic nitrogens is 1. The smallest absolute Gasteiger partial charge is 0.274 e. The zero-order valence-electron chi connectivity index (χ0n) is 22.3. The number of alkyl halides is 1. The van der Waals surface area contributed by atoms with Crippen LogP contribution in [0.4, 0.5) is 11.4 Å². The molecule has 12 heteroatoms. The molecule has 4 aromatic rings. The number of rotatable bonds is 10. The number of likely N-dealkylation sites (N-methyl/N-ethyl adjacent to an activating group) is 1. The second-order valence-corrected chi connectivity index (χ2v) is 12.2. The Morgan fingerprint density at radius 3 is 2.77 bits per heavy atom. The molecule has 0 bridgehead atoms. The monoisotopic (exact) mass is 585 g/mol. The first kappa shape index (κ1) is 28.2. The first-order valence-electron chi connectivity index (χ1n) is 12.9. The van der Waals surface area contributed by atoms with Crippen LogP contribution in [0.5, 0.6) is 5.75 Å². The third-order valence-electron chi connectivity index (χ3n) is 7.07. The van der Waals surface area contributed by atoms with Crippen molar-refractivity contribution in [3.05, 3.63) is 65.4 Å². The molecular weight excluding hydrogens is 554 g/mol. The number of nitrogens with one attached hydrogen (secondary N) is 2. The molecule has 1 aromatic heterocycles. The van der Waals surface area contributed by atoms with E-state index in [9.17, 15) is 18.3 Å². The molecule has 0 saturated carbocycles. The second-order valence-electron chi connectivity index (χ2n) is 10.0. The number of hydrogen-bond donors (Lipinski definition) is 4. The van der Waals surface area contributed by atoms with E-state index in [1.807, 2.05) is 43.3 Å². The molecular formula is C28H32ClN5O5S. The molecule has 1 aliphatic rings. The third-order valence-corrected chi connectivity index (χ3v) is 9.10. The predicted octanol–water partition coefficient (Wildman–Crippen LogP) is 3.20. The van der Waals surface area contributed by atoms with Crippen LogP contribution in [0.1, 0.15) is 26.9 Å². The maximum absolute atomic E-state index is 13.9. The van der Waals surface area contributed by atoms with E-state index in [0.29, 0.717) is 45.8 Å². The Morgan fingerprint density at radius 1 is 1.25 bits per heavy atom. The van der Waals surface area contributed by atoms with Crippen LogP contribution in [0.15, 0.2) is 48.5 Å². The normalized spacial score (nSPS) is 15.3. The van der Waals surface area contributed by atoms with Crippen molar-refractivity contribution in [2.24, 2.45) is 0 Å². The molecule has 0 spiro atoms. The summed E-state index contributed by atoms with van der Waals surface area (Å²) in [5.41, 5.74) is 9.58. The molecule has 1 atom stereocenters. The van der Waals surface area contributed by atoms with Gasteiger partial charge in [0.2, 0.25) is 10.0 Å². The van der Waals surface area contributed by atoms with Crippen molar-refractivity contribution in [3.8, 4) is 5.75 Å². The maximum atomic E-state index is 13.9. The Hall–Kier alpha value is -3.35. The van der Waals surface area contributed by atoms with Crippen LogP contribution >= 0.6 is 11.6 Å². The van der Waals surface area contributed by atoms with Crippen molar-refractivity contribution in [1.29, 1.82) is 0 Å². The minimum absolute atomic E-state index is 0.118. The van der Waals surface area contributed by atoms with E-state index >= 15 is 0 Å². The Labute approximate surface area is 237 Å².